The Morgan fingerprint density at radius 2 is 2.00 bits per heavy atom. The molecule has 0 fully saturated rings. The highest BCUT2D eigenvalue weighted by atomic mass is 16.5. The van der Waals surface area contributed by atoms with Crippen LogP contribution in [0.4, 0.5) is 0 Å². The van der Waals surface area contributed by atoms with Gasteiger partial charge in [0.15, 0.2) is 0 Å². The van der Waals surface area contributed by atoms with E-state index in [9.17, 15) is 0 Å². The normalized spacial score (nSPS) is 18.0. The Morgan fingerprint density at radius 1 is 1.21 bits per heavy atom. The van der Waals surface area contributed by atoms with Crippen LogP contribution in [0.25, 0.3) is 28.5 Å². The van der Waals surface area contributed by atoms with Crippen molar-refractivity contribution in [2.45, 2.75) is 33.8 Å². The lowest BCUT2D eigenvalue weighted by Crippen LogP contribution is -2.04. The van der Waals surface area contributed by atoms with Crippen LogP contribution in [0.2, 0.25) is 0 Å². The molecule has 1 heterocycles. The third-order valence-corrected chi connectivity index (χ3v) is 4.40. The van der Waals surface area contributed by atoms with Crippen LogP contribution in [0.1, 0.15) is 44.4 Å². The number of hydrogen-bond donors (Lipinski definition) is 0. The summed E-state index contributed by atoms with van der Waals surface area (Å²) >= 11 is 0. The van der Waals surface area contributed by atoms with Gasteiger partial charge in [-0.1, -0.05) is 54.7 Å². The Bertz CT molecular complexity index is 890. The van der Waals surface area contributed by atoms with Crippen LogP contribution in [0.3, 0.4) is 0 Å². The number of fused-ring (bicyclic) bond motifs is 2. The number of allylic oxidation sites excluding steroid dienone is 4. The van der Waals surface area contributed by atoms with Crippen molar-refractivity contribution in [1.82, 2.24) is 0 Å². The zero-order valence-corrected chi connectivity index (χ0v) is 14.9. The Labute approximate surface area is 144 Å². The summed E-state index contributed by atoms with van der Waals surface area (Å²) in [4.78, 5) is 0. The highest BCUT2D eigenvalue weighted by Crippen LogP contribution is 2.41. The van der Waals surface area contributed by atoms with Gasteiger partial charge in [0.2, 0.25) is 0 Å². The van der Waals surface area contributed by atoms with Gasteiger partial charge >= 0.3 is 0 Å². The topological polar surface area (TPSA) is 9.23 Å². The van der Waals surface area contributed by atoms with E-state index in [1.165, 1.54) is 33.0 Å². The smallest absolute Gasteiger partial charge is 0.128 e. The van der Waals surface area contributed by atoms with Crippen molar-refractivity contribution in [2.75, 3.05) is 0 Å². The van der Waals surface area contributed by atoms with Gasteiger partial charge in [-0.05, 0) is 61.7 Å². The predicted molar refractivity (Wildman–Crippen MR) is 106 cm³/mol. The molecule has 1 unspecified atom stereocenters. The molecular formula is C23H24O. The first-order valence-corrected chi connectivity index (χ1v) is 8.43. The summed E-state index contributed by atoms with van der Waals surface area (Å²) in [5.41, 5.74) is 6.08. The monoisotopic (exact) mass is 316 g/mol. The molecule has 24 heavy (non-hydrogen) atoms. The van der Waals surface area contributed by atoms with E-state index in [1.54, 1.807) is 0 Å². The van der Waals surface area contributed by atoms with Gasteiger partial charge in [-0.3, -0.25) is 0 Å². The van der Waals surface area contributed by atoms with Crippen LogP contribution in [-0.2, 0) is 0 Å². The molecule has 0 bridgehead atoms. The second-order valence-corrected chi connectivity index (χ2v) is 6.47. The van der Waals surface area contributed by atoms with Gasteiger partial charge in [-0.15, -0.1) is 0 Å². The molecule has 0 aliphatic carbocycles. The predicted octanol–water partition coefficient (Wildman–Crippen LogP) is 6.65. The fraction of sp³-hybridized carbons (Fsp3) is 0.217. The maximum absolute atomic E-state index is 6.12. The largest absolute Gasteiger partial charge is 0.485 e. The first-order chi connectivity index (χ1) is 11.5. The highest BCUT2D eigenvalue weighted by Gasteiger charge is 2.25. The summed E-state index contributed by atoms with van der Waals surface area (Å²) in [6.45, 7) is 12.3. The zero-order valence-electron chi connectivity index (χ0n) is 14.9. The minimum absolute atomic E-state index is 0.0801. The molecular weight excluding hydrogens is 292 g/mol. The molecule has 0 amide bonds. The summed E-state index contributed by atoms with van der Waals surface area (Å²) in [7, 11) is 0. The van der Waals surface area contributed by atoms with Crippen molar-refractivity contribution in [3.05, 3.63) is 71.3 Å². The Kier molecular flexibility index (Phi) is 4.44. The van der Waals surface area contributed by atoms with E-state index in [-0.39, 0.29) is 6.10 Å². The van der Waals surface area contributed by atoms with Gasteiger partial charge in [-0.2, -0.15) is 0 Å². The van der Waals surface area contributed by atoms with Crippen LogP contribution in [0.15, 0.2) is 54.6 Å². The average molecular weight is 316 g/mol. The van der Waals surface area contributed by atoms with Gasteiger partial charge in [0, 0.05) is 11.1 Å². The maximum Gasteiger partial charge on any atom is 0.128 e. The standard InChI is InChI=1S/C23H24O/c1-6-8-20-17(7-2)10-11-18-13-22-19(12-9-15(3)4)16(5)24-23(22)14-21(18)20/h6-14,16H,2H2,1,3-5H3/b8-6-,19-12+. The van der Waals surface area contributed by atoms with E-state index >= 15 is 0 Å². The van der Waals surface area contributed by atoms with Crippen LogP contribution < -0.4 is 4.74 Å². The van der Waals surface area contributed by atoms with Crippen molar-refractivity contribution in [1.29, 1.82) is 0 Å². The lowest BCUT2D eigenvalue weighted by molar-refractivity contribution is 0.297. The Balaban J connectivity index is 2.25. The number of hydrogen-bond acceptors (Lipinski definition) is 1. The minimum atomic E-state index is 0.0801. The Hall–Kier alpha value is -2.54. The lowest BCUT2D eigenvalue weighted by Gasteiger charge is -2.09. The van der Waals surface area contributed by atoms with Crippen molar-refractivity contribution < 1.29 is 4.74 Å². The molecule has 0 spiro atoms. The van der Waals surface area contributed by atoms with Crippen LogP contribution in [0, 0.1) is 0 Å². The van der Waals surface area contributed by atoms with Gasteiger partial charge in [-0.25, -0.2) is 0 Å². The molecule has 1 nitrogen and oxygen atoms in total. The second kappa shape index (κ2) is 6.52. The van der Waals surface area contributed by atoms with E-state index in [4.69, 9.17) is 4.74 Å². The molecule has 2 aromatic rings. The fourth-order valence-electron chi connectivity index (χ4n) is 3.20. The molecule has 0 aromatic heterocycles. The SMILES string of the molecule is C=Cc1ccc2cc3c(cc2c1/C=C\C)OC(C)/C3=C\C=C(C)C. The third kappa shape index (κ3) is 2.82. The van der Waals surface area contributed by atoms with Gasteiger partial charge in [0.1, 0.15) is 11.9 Å². The van der Waals surface area contributed by atoms with E-state index in [0.717, 1.165) is 11.3 Å². The molecule has 1 aliphatic rings. The quantitative estimate of drug-likeness (QED) is 0.616. The average Bonchev–Trinajstić information content (AvgIpc) is 2.86. The number of rotatable bonds is 3. The maximum atomic E-state index is 6.12. The summed E-state index contributed by atoms with van der Waals surface area (Å²) in [6, 6.07) is 8.72. The molecule has 122 valence electrons. The number of ether oxygens (including phenoxy) is 1. The molecule has 0 saturated carbocycles. The highest BCUT2D eigenvalue weighted by molar-refractivity contribution is 5.98. The van der Waals surface area contributed by atoms with E-state index in [0.29, 0.717) is 0 Å². The molecule has 0 radical (unpaired) electrons. The lowest BCUT2D eigenvalue weighted by atomic mass is 9.94. The zero-order chi connectivity index (χ0) is 17.3. The first kappa shape index (κ1) is 16.3. The Morgan fingerprint density at radius 3 is 2.67 bits per heavy atom. The minimum Gasteiger partial charge on any atom is -0.485 e. The molecule has 0 N–H and O–H groups in total. The van der Waals surface area contributed by atoms with Crippen LogP contribution >= 0.6 is 0 Å². The molecule has 1 atom stereocenters. The molecule has 1 aliphatic heterocycles. The van der Waals surface area contributed by atoms with E-state index < -0.39 is 0 Å². The van der Waals surface area contributed by atoms with Crippen molar-refractivity contribution in [3.8, 4) is 5.75 Å². The van der Waals surface area contributed by atoms with Crippen LogP contribution in [0.5, 0.6) is 5.75 Å². The molecule has 2 aromatic carbocycles. The third-order valence-electron chi connectivity index (χ3n) is 4.40. The molecule has 0 saturated heterocycles. The number of benzene rings is 2. The molecule has 3 rings (SSSR count). The van der Waals surface area contributed by atoms with Gasteiger partial charge < -0.3 is 4.74 Å². The summed E-state index contributed by atoms with van der Waals surface area (Å²) in [5, 5.41) is 2.44. The van der Waals surface area contributed by atoms with Gasteiger partial charge in [0.05, 0.1) is 0 Å². The summed E-state index contributed by atoms with van der Waals surface area (Å²) in [5.74, 6) is 0.968. The van der Waals surface area contributed by atoms with Crippen LogP contribution in [-0.4, -0.2) is 6.10 Å². The van der Waals surface area contributed by atoms with Crippen molar-refractivity contribution in [2.24, 2.45) is 0 Å². The van der Waals surface area contributed by atoms with Crippen molar-refractivity contribution in [3.63, 3.8) is 0 Å². The molecule has 1 heteroatoms. The first-order valence-electron chi connectivity index (χ1n) is 8.43. The van der Waals surface area contributed by atoms with Crippen molar-refractivity contribution >= 4 is 28.5 Å². The summed E-state index contributed by atoms with van der Waals surface area (Å²) in [6.07, 6.45) is 10.5. The van der Waals surface area contributed by atoms with E-state index in [1.807, 2.05) is 13.0 Å². The van der Waals surface area contributed by atoms with E-state index in [2.05, 4.69) is 75.9 Å². The second-order valence-electron chi connectivity index (χ2n) is 6.47. The fourth-order valence-corrected chi connectivity index (χ4v) is 3.20. The summed E-state index contributed by atoms with van der Waals surface area (Å²) < 4.78 is 6.12. The van der Waals surface area contributed by atoms with Gasteiger partial charge in [0.25, 0.3) is 0 Å².